The third-order valence-electron chi connectivity index (χ3n) is 4.29. The summed E-state index contributed by atoms with van der Waals surface area (Å²) >= 11 is 6.17. The lowest BCUT2D eigenvalue weighted by Gasteiger charge is -2.17. The van der Waals surface area contributed by atoms with Gasteiger partial charge in [0.25, 0.3) is 0 Å². The van der Waals surface area contributed by atoms with Crippen molar-refractivity contribution < 1.29 is 23.8 Å². The van der Waals surface area contributed by atoms with Crippen molar-refractivity contribution in [3.05, 3.63) is 88.2 Å². The predicted molar refractivity (Wildman–Crippen MR) is 109 cm³/mol. The molecule has 0 saturated carbocycles. The van der Waals surface area contributed by atoms with Gasteiger partial charge in [0.15, 0.2) is 11.5 Å². The monoisotopic (exact) mass is 415 g/mol. The number of methoxy groups -OCH3 is 1. The second kappa shape index (κ2) is 9.30. The number of halogens is 2. The van der Waals surface area contributed by atoms with Crippen LogP contribution in [0, 0.1) is 5.82 Å². The number of para-hydroxylation sites is 1. The first-order valence-electron chi connectivity index (χ1n) is 8.78. The fourth-order valence-corrected chi connectivity index (χ4v) is 2.96. The fraction of sp³-hybridized carbons (Fsp3) is 0.136. The molecule has 29 heavy (non-hydrogen) atoms. The van der Waals surface area contributed by atoms with Crippen molar-refractivity contribution in [3.63, 3.8) is 0 Å². The van der Waals surface area contributed by atoms with Crippen molar-refractivity contribution in [2.45, 2.75) is 13.2 Å². The summed E-state index contributed by atoms with van der Waals surface area (Å²) in [5, 5.41) is 12.7. The number of benzene rings is 3. The summed E-state index contributed by atoms with van der Waals surface area (Å²) in [6, 6.07) is 16.2. The van der Waals surface area contributed by atoms with E-state index >= 15 is 0 Å². The summed E-state index contributed by atoms with van der Waals surface area (Å²) in [5.74, 6) is -0.415. The highest BCUT2D eigenvalue weighted by Gasteiger charge is 2.13. The summed E-state index contributed by atoms with van der Waals surface area (Å²) in [5.41, 5.74) is 1.78. The summed E-state index contributed by atoms with van der Waals surface area (Å²) in [6.07, 6.45) is 0. The average Bonchev–Trinajstić information content (AvgIpc) is 2.72. The number of anilines is 1. The Kier molecular flexibility index (Phi) is 6.57. The van der Waals surface area contributed by atoms with Gasteiger partial charge in [0.05, 0.1) is 23.4 Å². The maximum Gasteiger partial charge on any atom is 0.335 e. The smallest absolute Gasteiger partial charge is 0.335 e. The van der Waals surface area contributed by atoms with E-state index in [1.165, 1.54) is 31.4 Å². The van der Waals surface area contributed by atoms with Crippen LogP contribution in [0.3, 0.4) is 0 Å². The van der Waals surface area contributed by atoms with Crippen LogP contribution in [-0.4, -0.2) is 18.2 Å². The summed E-state index contributed by atoms with van der Waals surface area (Å²) in [6.45, 7) is 0.335. The molecule has 0 aromatic heterocycles. The minimum absolute atomic E-state index is 0.0370. The average molecular weight is 416 g/mol. The van der Waals surface area contributed by atoms with Crippen molar-refractivity contribution in [3.8, 4) is 11.5 Å². The van der Waals surface area contributed by atoms with Crippen molar-refractivity contribution in [1.29, 1.82) is 0 Å². The highest BCUT2D eigenvalue weighted by molar-refractivity contribution is 6.33. The standard InChI is InChI=1S/C22H19ClFNO4/c1-28-20-8-4-6-15(21(20)29-13-16-5-2-3-7-18(16)24)12-25-19-11-14(22(26)27)9-10-17(19)23/h2-11,25H,12-13H2,1H3,(H,26,27). The Balaban J connectivity index is 1.82. The molecular formula is C22H19ClFNO4. The zero-order chi connectivity index (χ0) is 20.8. The van der Waals surface area contributed by atoms with Crippen LogP contribution >= 0.6 is 11.6 Å². The Labute approximate surface area is 172 Å². The van der Waals surface area contributed by atoms with Crippen molar-refractivity contribution in [2.75, 3.05) is 12.4 Å². The second-order valence-corrected chi connectivity index (χ2v) is 6.59. The first kappa shape index (κ1) is 20.5. The normalized spacial score (nSPS) is 10.4. The summed E-state index contributed by atoms with van der Waals surface area (Å²) in [4.78, 5) is 11.2. The quantitative estimate of drug-likeness (QED) is 0.517. The van der Waals surface area contributed by atoms with Crippen LogP contribution < -0.4 is 14.8 Å². The van der Waals surface area contributed by atoms with Gasteiger partial charge in [0.1, 0.15) is 12.4 Å². The third-order valence-corrected chi connectivity index (χ3v) is 4.62. The maximum absolute atomic E-state index is 13.9. The molecule has 7 heteroatoms. The maximum atomic E-state index is 13.9. The molecule has 0 aliphatic rings. The van der Waals surface area contributed by atoms with E-state index in [0.29, 0.717) is 34.3 Å². The second-order valence-electron chi connectivity index (χ2n) is 6.18. The third kappa shape index (κ3) is 4.97. The molecule has 3 aromatic rings. The van der Waals surface area contributed by atoms with E-state index in [1.807, 2.05) is 6.07 Å². The molecule has 0 aliphatic heterocycles. The number of hydrogen-bond acceptors (Lipinski definition) is 4. The fourth-order valence-electron chi connectivity index (χ4n) is 2.77. The van der Waals surface area contributed by atoms with Crippen molar-refractivity contribution in [2.24, 2.45) is 0 Å². The molecule has 0 spiro atoms. The molecule has 0 unspecified atom stereocenters. The van der Waals surface area contributed by atoms with Gasteiger partial charge < -0.3 is 19.9 Å². The van der Waals surface area contributed by atoms with Crippen molar-refractivity contribution in [1.82, 2.24) is 0 Å². The predicted octanol–water partition coefficient (Wildman–Crippen LogP) is 5.38. The van der Waals surface area contributed by atoms with Gasteiger partial charge in [0, 0.05) is 17.7 Å². The first-order chi connectivity index (χ1) is 14.0. The van der Waals surface area contributed by atoms with E-state index in [9.17, 15) is 9.18 Å². The van der Waals surface area contributed by atoms with Gasteiger partial charge in [0.2, 0.25) is 0 Å². The Bertz CT molecular complexity index is 1030. The van der Waals surface area contributed by atoms with Gasteiger partial charge >= 0.3 is 5.97 Å². The van der Waals surface area contributed by atoms with Gasteiger partial charge in [-0.05, 0) is 30.3 Å². The van der Waals surface area contributed by atoms with E-state index in [4.69, 9.17) is 26.2 Å². The SMILES string of the molecule is COc1cccc(CNc2cc(C(=O)O)ccc2Cl)c1OCc1ccccc1F. The molecule has 3 aromatic carbocycles. The molecule has 0 fully saturated rings. The van der Waals surface area contributed by atoms with Gasteiger partial charge in [-0.1, -0.05) is 41.9 Å². The number of aromatic carboxylic acids is 1. The number of carboxylic acids is 1. The molecule has 0 atom stereocenters. The van der Waals surface area contributed by atoms with E-state index < -0.39 is 5.97 Å². The van der Waals surface area contributed by atoms with Gasteiger partial charge in [-0.3, -0.25) is 0 Å². The minimum Gasteiger partial charge on any atom is -0.493 e. The molecule has 0 bridgehead atoms. The minimum atomic E-state index is -1.04. The molecule has 0 saturated heterocycles. The molecule has 150 valence electrons. The first-order valence-corrected chi connectivity index (χ1v) is 9.16. The Morgan fingerprint density at radius 1 is 1.10 bits per heavy atom. The zero-order valence-electron chi connectivity index (χ0n) is 15.6. The van der Waals surface area contributed by atoms with Gasteiger partial charge in [-0.15, -0.1) is 0 Å². The largest absolute Gasteiger partial charge is 0.493 e. The Hall–Kier alpha value is -3.25. The number of nitrogens with one attached hydrogen (secondary N) is 1. The molecule has 3 rings (SSSR count). The Morgan fingerprint density at radius 2 is 1.86 bits per heavy atom. The van der Waals surface area contributed by atoms with Crippen LogP contribution in [0.4, 0.5) is 10.1 Å². The van der Waals surface area contributed by atoms with Crippen LogP contribution in [0.5, 0.6) is 11.5 Å². The summed E-state index contributed by atoms with van der Waals surface area (Å²) in [7, 11) is 1.52. The summed E-state index contributed by atoms with van der Waals surface area (Å²) < 4.78 is 25.2. The Morgan fingerprint density at radius 3 is 2.59 bits per heavy atom. The molecular weight excluding hydrogens is 397 g/mol. The van der Waals surface area contributed by atoms with Gasteiger partial charge in [-0.25, -0.2) is 9.18 Å². The number of hydrogen-bond donors (Lipinski definition) is 2. The lowest BCUT2D eigenvalue weighted by atomic mass is 10.1. The highest BCUT2D eigenvalue weighted by atomic mass is 35.5. The number of ether oxygens (including phenoxy) is 2. The molecule has 0 amide bonds. The molecule has 0 aliphatic carbocycles. The zero-order valence-corrected chi connectivity index (χ0v) is 16.4. The molecule has 2 N–H and O–H groups in total. The van der Waals surface area contributed by atoms with Crippen LogP contribution in [0.25, 0.3) is 0 Å². The lowest BCUT2D eigenvalue weighted by Crippen LogP contribution is -2.07. The van der Waals surface area contributed by atoms with E-state index in [1.54, 1.807) is 30.3 Å². The molecule has 5 nitrogen and oxygen atoms in total. The van der Waals surface area contributed by atoms with Crippen molar-refractivity contribution >= 4 is 23.3 Å². The number of rotatable bonds is 8. The molecule has 0 radical (unpaired) electrons. The highest BCUT2D eigenvalue weighted by Crippen LogP contribution is 2.33. The van der Waals surface area contributed by atoms with E-state index in [-0.39, 0.29) is 18.0 Å². The van der Waals surface area contributed by atoms with E-state index in [0.717, 1.165) is 5.56 Å². The van der Waals surface area contributed by atoms with Crippen LogP contribution in [-0.2, 0) is 13.2 Å². The van der Waals surface area contributed by atoms with E-state index in [2.05, 4.69) is 5.32 Å². The number of carbonyl (C=O) groups is 1. The van der Waals surface area contributed by atoms with Gasteiger partial charge in [-0.2, -0.15) is 0 Å². The lowest BCUT2D eigenvalue weighted by molar-refractivity contribution is 0.0697. The number of carboxylic acid groups (broad SMARTS) is 1. The van der Waals surface area contributed by atoms with Crippen LogP contribution in [0.2, 0.25) is 5.02 Å². The van der Waals surface area contributed by atoms with Crippen LogP contribution in [0.1, 0.15) is 21.5 Å². The topological polar surface area (TPSA) is 67.8 Å². The van der Waals surface area contributed by atoms with Crippen LogP contribution in [0.15, 0.2) is 60.7 Å². The molecule has 0 heterocycles.